The molecule has 0 heterocycles. The van der Waals surface area contributed by atoms with Crippen LogP contribution < -0.4 is 10.6 Å². The number of nitrogens with zero attached hydrogens (tertiary/aromatic N) is 2. The van der Waals surface area contributed by atoms with E-state index in [1.165, 1.54) is 12.1 Å². The third-order valence-electron chi connectivity index (χ3n) is 3.41. The molecule has 0 saturated heterocycles. The van der Waals surface area contributed by atoms with Crippen molar-refractivity contribution in [2.45, 2.75) is 26.3 Å². The van der Waals surface area contributed by atoms with Crippen molar-refractivity contribution in [1.82, 2.24) is 15.5 Å². The van der Waals surface area contributed by atoms with Crippen molar-refractivity contribution in [2.75, 3.05) is 20.1 Å². The van der Waals surface area contributed by atoms with Gasteiger partial charge in [0.2, 0.25) is 5.91 Å². The predicted molar refractivity (Wildman–Crippen MR) is 86.0 cm³/mol. The summed E-state index contributed by atoms with van der Waals surface area (Å²) in [5.41, 5.74) is 0.732. The van der Waals surface area contributed by atoms with Crippen molar-refractivity contribution in [3.8, 4) is 0 Å². The number of likely N-dealkylation sites (N-methyl/N-ethyl adjacent to an activating group) is 1. The summed E-state index contributed by atoms with van der Waals surface area (Å²) in [5, 5.41) is 15.6. The maximum atomic E-state index is 11.8. The number of nitro groups is 1. The normalized spacial score (nSPS) is 11.8. The summed E-state index contributed by atoms with van der Waals surface area (Å²) in [6, 6.07) is 5.54. The molecular weight excluding hydrogens is 300 g/mol. The fraction of sp³-hybridized carbons (Fsp3) is 0.467. The molecule has 3 amide bonds. The van der Waals surface area contributed by atoms with Gasteiger partial charge in [0, 0.05) is 24.7 Å². The van der Waals surface area contributed by atoms with Crippen molar-refractivity contribution in [2.24, 2.45) is 0 Å². The van der Waals surface area contributed by atoms with Crippen LogP contribution in [-0.2, 0) is 4.79 Å². The first-order valence-electron chi connectivity index (χ1n) is 7.37. The minimum absolute atomic E-state index is 0.00338. The van der Waals surface area contributed by atoms with E-state index in [2.05, 4.69) is 10.6 Å². The number of nitro benzene ring substituents is 1. The maximum Gasteiger partial charge on any atom is 0.321 e. The molecule has 8 nitrogen and oxygen atoms in total. The fourth-order valence-electron chi connectivity index (χ4n) is 1.97. The van der Waals surface area contributed by atoms with Gasteiger partial charge in [-0.05, 0) is 26.0 Å². The van der Waals surface area contributed by atoms with Gasteiger partial charge < -0.3 is 5.32 Å². The number of urea groups is 1. The Morgan fingerprint density at radius 3 is 2.70 bits per heavy atom. The number of amides is 3. The Balaban J connectivity index is 2.61. The number of rotatable bonds is 7. The van der Waals surface area contributed by atoms with E-state index >= 15 is 0 Å². The van der Waals surface area contributed by atoms with Crippen molar-refractivity contribution >= 4 is 17.6 Å². The molecule has 8 heteroatoms. The van der Waals surface area contributed by atoms with Gasteiger partial charge in [0.1, 0.15) is 0 Å². The van der Waals surface area contributed by atoms with Crippen LogP contribution in [0.2, 0.25) is 0 Å². The van der Waals surface area contributed by atoms with E-state index in [0.29, 0.717) is 6.54 Å². The highest BCUT2D eigenvalue weighted by Crippen LogP contribution is 2.22. The number of carbonyl (C=O) groups excluding carboxylic acids is 2. The first-order chi connectivity index (χ1) is 10.8. The molecule has 126 valence electrons. The van der Waals surface area contributed by atoms with Crippen molar-refractivity contribution in [3.05, 3.63) is 39.9 Å². The first kappa shape index (κ1) is 18.6. The quantitative estimate of drug-likeness (QED) is 0.588. The number of hydrogen-bond acceptors (Lipinski definition) is 5. The number of carbonyl (C=O) groups is 2. The molecule has 0 bridgehead atoms. The zero-order valence-corrected chi connectivity index (χ0v) is 13.5. The highest BCUT2D eigenvalue weighted by Gasteiger charge is 2.18. The minimum atomic E-state index is -0.520. The van der Waals surface area contributed by atoms with Gasteiger partial charge in [0.15, 0.2) is 0 Å². The molecule has 0 aliphatic heterocycles. The van der Waals surface area contributed by atoms with E-state index in [1.54, 1.807) is 24.1 Å². The van der Waals surface area contributed by atoms with Gasteiger partial charge >= 0.3 is 6.03 Å². The summed E-state index contributed by atoms with van der Waals surface area (Å²) in [5.74, 6) is -0.432. The molecule has 0 aromatic heterocycles. The average molecular weight is 322 g/mol. The Bertz CT molecular complexity index is 576. The molecule has 1 unspecified atom stereocenters. The number of imide groups is 1. The number of benzene rings is 1. The Labute approximate surface area is 135 Å². The van der Waals surface area contributed by atoms with Gasteiger partial charge in [-0.15, -0.1) is 0 Å². The van der Waals surface area contributed by atoms with E-state index in [0.717, 1.165) is 12.0 Å². The van der Waals surface area contributed by atoms with Crippen LogP contribution in [-0.4, -0.2) is 41.9 Å². The highest BCUT2D eigenvalue weighted by molar-refractivity contribution is 5.95. The molecule has 0 spiro atoms. The van der Waals surface area contributed by atoms with Crippen LogP contribution in [0.5, 0.6) is 0 Å². The van der Waals surface area contributed by atoms with E-state index in [-0.39, 0.29) is 18.3 Å². The zero-order chi connectivity index (χ0) is 17.4. The van der Waals surface area contributed by atoms with Crippen LogP contribution in [0.3, 0.4) is 0 Å². The molecular formula is C15H22N4O4. The molecule has 0 radical (unpaired) electrons. The van der Waals surface area contributed by atoms with Crippen molar-refractivity contribution < 1.29 is 14.5 Å². The lowest BCUT2D eigenvalue weighted by atomic mass is 10.1. The Hall–Kier alpha value is -2.48. The van der Waals surface area contributed by atoms with Gasteiger partial charge in [-0.3, -0.25) is 25.1 Å². The van der Waals surface area contributed by atoms with Gasteiger partial charge in [-0.2, -0.15) is 0 Å². The standard InChI is InChI=1S/C15H22N4O4/c1-4-8-16-15(21)17-14(20)10-18(3)11(2)12-6-5-7-13(9-12)19(22)23/h5-7,9,11H,4,8,10H2,1-3H3,(H2,16,17,20,21). The fourth-order valence-corrected chi connectivity index (χ4v) is 1.97. The lowest BCUT2D eigenvalue weighted by molar-refractivity contribution is -0.384. The lowest BCUT2D eigenvalue weighted by Gasteiger charge is -2.24. The smallest absolute Gasteiger partial charge is 0.321 e. The molecule has 2 N–H and O–H groups in total. The summed E-state index contributed by atoms with van der Waals surface area (Å²) >= 11 is 0. The van der Waals surface area contributed by atoms with Crippen LogP contribution in [0.4, 0.5) is 10.5 Å². The second-order valence-corrected chi connectivity index (χ2v) is 5.25. The van der Waals surface area contributed by atoms with Crippen LogP contribution in [0, 0.1) is 10.1 Å². The molecule has 0 aliphatic rings. The maximum absolute atomic E-state index is 11.8. The Morgan fingerprint density at radius 1 is 1.39 bits per heavy atom. The Kier molecular flexibility index (Phi) is 7.14. The zero-order valence-electron chi connectivity index (χ0n) is 13.5. The van der Waals surface area contributed by atoms with Crippen molar-refractivity contribution in [3.63, 3.8) is 0 Å². The van der Waals surface area contributed by atoms with E-state index in [1.807, 2.05) is 13.8 Å². The monoisotopic (exact) mass is 322 g/mol. The summed E-state index contributed by atoms with van der Waals surface area (Å²) in [4.78, 5) is 35.3. The molecule has 23 heavy (non-hydrogen) atoms. The van der Waals surface area contributed by atoms with Crippen molar-refractivity contribution in [1.29, 1.82) is 0 Å². The second kappa shape index (κ2) is 8.84. The van der Waals surface area contributed by atoms with Gasteiger partial charge in [0.25, 0.3) is 5.69 Å². The minimum Gasteiger partial charge on any atom is -0.338 e. The highest BCUT2D eigenvalue weighted by atomic mass is 16.6. The van der Waals surface area contributed by atoms with Gasteiger partial charge in [-0.25, -0.2) is 4.79 Å². The molecule has 0 aliphatic carbocycles. The van der Waals surface area contributed by atoms with Crippen LogP contribution >= 0.6 is 0 Å². The second-order valence-electron chi connectivity index (χ2n) is 5.25. The molecule has 1 aromatic rings. The summed E-state index contributed by atoms with van der Waals surface area (Å²) < 4.78 is 0. The summed E-state index contributed by atoms with van der Waals surface area (Å²) in [7, 11) is 1.72. The Morgan fingerprint density at radius 2 is 2.09 bits per heavy atom. The molecule has 1 atom stereocenters. The van der Waals surface area contributed by atoms with Gasteiger partial charge in [-0.1, -0.05) is 19.1 Å². The van der Waals surface area contributed by atoms with E-state index < -0.39 is 16.9 Å². The van der Waals surface area contributed by atoms with E-state index in [4.69, 9.17) is 0 Å². The average Bonchev–Trinajstić information content (AvgIpc) is 2.51. The first-order valence-corrected chi connectivity index (χ1v) is 7.37. The third kappa shape index (κ3) is 6.03. The summed E-state index contributed by atoms with van der Waals surface area (Å²) in [6.07, 6.45) is 0.783. The molecule has 1 rings (SSSR count). The third-order valence-corrected chi connectivity index (χ3v) is 3.41. The molecule has 1 aromatic carbocycles. The SMILES string of the molecule is CCCNC(=O)NC(=O)CN(C)C(C)c1cccc([N+](=O)[O-])c1. The molecule has 0 fully saturated rings. The summed E-state index contributed by atoms with van der Waals surface area (Å²) in [6.45, 7) is 4.25. The van der Waals surface area contributed by atoms with Gasteiger partial charge in [0.05, 0.1) is 11.5 Å². The van der Waals surface area contributed by atoms with Crippen LogP contribution in [0.25, 0.3) is 0 Å². The number of nitrogens with one attached hydrogen (secondary N) is 2. The van der Waals surface area contributed by atoms with E-state index in [9.17, 15) is 19.7 Å². The number of non-ortho nitro benzene ring substituents is 1. The topological polar surface area (TPSA) is 105 Å². The van der Waals surface area contributed by atoms with Crippen LogP contribution in [0.15, 0.2) is 24.3 Å². The lowest BCUT2D eigenvalue weighted by Crippen LogP contribution is -2.44. The number of hydrogen-bond donors (Lipinski definition) is 2. The molecule has 0 saturated carbocycles. The largest absolute Gasteiger partial charge is 0.338 e. The van der Waals surface area contributed by atoms with Crippen LogP contribution in [0.1, 0.15) is 31.9 Å². The predicted octanol–water partition coefficient (Wildman–Crippen LogP) is 1.82.